The zero-order valence-corrected chi connectivity index (χ0v) is 13.1. The van der Waals surface area contributed by atoms with E-state index in [0.29, 0.717) is 6.04 Å². The van der Waals surface area contributed by atoms with Crippen molar-refractivity contribution < 1.29 is 0 Å². The van der Waals surface area contributed by atoms with Crippen molar-refractivity contribution in [3.05, 3.63) is 47.5 Å². The zero-order chi connectivity index (χ0) is 14.8. The molecule has 4 heteroatoms. The highest BCUT2D eigenvalue weighted by atomic mass is 15.3. The molecule has 21 heavy (non-hydrogen) atoms. The predicted molar refractivity (Wildman–Crippen MR) is 86.6 cm³/mol. The second kappa shape index (κ2) is 5.90. The van der Waals surface area contributed by atoms with E-state index < -0.39 is 0 Å². The minimum atomic E-state index is 0.545. The van der Waals surface area contributed by atoms with Crippen molar-refractivity contribution in [3.63, 3.8) is 0 Å². The lowest BCUT2D eigenvalue weighted by molar-refractivity contribution is 0.179. The molecule has 1 atom stereocenters. The lowest BCUT2D eigenvalue weighted by Gasteiger charge is -2.40. The molecule has 112 valence electrons. The van der Waals surface area contributed by atoms with E-state index in [2.05, 4.69) is 57.9 Å². The lowest BCUT2D eigenvalue weighted by Crippen LogP contribution is -2.51. The van der Waals surface area contributed by atoms with Crippen molar-refractivity contribution in [2.45, 2.75) is 33.4 Å². The standard InChI is InChI=1S/C17H24N4/c1-13-4-6-17(7-5-13)21-9-8-20(14(2)11-21)12-16-10-18-15(3)19-16/h4-7,10,14H,8-9,11-12H2,1-3H3,(H,18,19)/t14-/m0/s1. The van der Waals surface area contributed by atoms with Gasteiger partial charge >= 0.3 is 0 Å². The number of nitrogens with one attached hydrogen (secondary N) is 1. The average molecular weight is 284 g/mol. The maximum atomic E-state index is 4.29. The summed E-state index contributed by atoms with van der Waals surface area (Å²) in [4.78, 5) is 12.6. The Kier molecular flexibility index (Phi) is 3.97. The number of piperazine rings is 1. The number of hydrogen-bond acceptors (Lipinski definition) is 3. The highest BCUT2D eigenvalue weighted by Gasteiger charge is 2.24. The van der Waals surface area contributed by atoms with Crippen LogP contribution < -0.4 is 4.90 Å². The average Bonchev–Trinajstić information content (AvgIpc) is 2.87. The molecule has 1 aliphatic heterocycles. The quantitative estimate of drug-likeness (QED) is 0.941. The van der Waals surface area contributed by atoms with Gasteiger partial charge in [0.2, 0.25) is 0 Å². The molecular weight excluding hydrogens is 260 g/mol. The van der Waals surface area contributed by atoms with E-state index >= 15 is 0 Å². The first-order valence-corrected chi connectivity index (χ1v) is 7.68. The summed E-state index contributed by atoms with van der Waals surface area (Å²) in [6.45, 7) is 10.7. The number of aromatic amines is 1. The van der Waals surface area contributed by atoms with E-state index in [4.69, 9.17) is 0 Å². The first kappa shape index (κ1) is 14.1. The lowest BCUT2D eigenvalue weighted by atomic mass is 10.1. The van der Waals surface area contributed by atoms with Crippen LogP contribution in [0.1, 0.15) is 24.0 Å². The summed E-state index contributed by atoms with van der Waals surface area (Å²) >= 11 is 0. The molecule has 1 saturated heterocycles. The Hall–Kier alpha value is -1.81. The van der Waals surface area contributed by atoms with Gasteiger partial charge in [0.15, 0.2) is 0 Å². The van der Waals surface area contributed by atoms with Crippen LogP contribution in [0.25, 0.3) is 0 Å². The van der Waals surface area contributed by atoms with Crippen LogP contribution in [-0.2, 0) is 6.54 Å². The van der Waals surface area contributed by atoms with E-state index in [-0.39, 0.29) is 0 Å². The minimum Gasteiger partial charge on any atom is -0.369 e. The van der Waals surface area contributed by atoms with Gasteiger partial charge in [-0.2, -0.15) is 0 Å². The fourth-order valence-corrected chi connectivity index (χ4v) is 2.99. The summed E-state index contributed by atoms with van der Waals surface area (Å²) in [6, 6.07) is 9.40. The zero-order valence-electron chi connectivity index (χ0n) is 13.1. The summed E-state index contributed by atoms with van der Waals surface area (Å²) in [5, 5.41) is 0. The van der Waals surface area contributed by atoms with E-state index in [1.54, 1.807) is 0 Å². The molecule has 2 heterocycles. The Morgan fingerprint density at radius 1 is 1.19 bits per heavy atom. The number of anilines is 1. The number of H-pyrrole nitrogens is 1. The van der Waals surface area contributed by atoms with Crippen LogP contribution in [0, 0.1) is 13.8 Å². The van der Waals surface area contributed by atoms with Gasteiger partial charge < -0.3 is 9.88 Å². The number of benzene rings is 1. The Morgan fingerprint density at radius 3 is 2.57 bits per heavy atom. The summed E-state index contributed by atoms with van der Waals surface area (Å²) in [6.07, 6.45) is 1.95. The molecular formula is C17H24N4. The van der Waals surface area contributed by atoms with Gasteiger partial charge in [0.1, 0.15) is 5.82 Å². The molecule has 0 amide bonds. The molecule has 1 aromatic carbocycles. The Morgan fingerprint density at radius 2 is 1.95 bits per heavy atom. The number of hydrogen-bond donors (Lipinski definition) is 1. The molecule has 1 aliphatic rings. The van der Waals surface area contributed by atoms with E-state index in [1.165, 1.54) is 16.9 Å². The van der Waals surface area contributed by atoms with Gasteiger partial charge in [-0.05, 0) is 32.9 Å². The number of aryl methyl sites for hydroxylation is 2. The van der Waals surface area contributed by atoms with Crippen LogP contribution >= 0.6 is 0 Å². The first-order chi connectivity index (χ1) is 10.1. The van der Waals surface area contributed by atoms with E-state index in [9.17, 15) is 0 Å². The van der Waals surface area contributed by atoms with Crippen LogP contribution in [0.5, 0.6) is 0 Å². The van der Waals surface area contributed by atoms with E-state index in [0.717, 1.165) is 32.0 Å². The smallest absolute Gasteiger partial charge is 0.103 e. The molecule has 1 fully saturated rings. The van der Waals surface area contributed by atoms with Crippen molar-refractivity contribution in [2.75, 3.05) is 24.5 Å². The summed E-state index contributed by atoms with van der Waals surface area (Å²) < 4.78 is 0. The molecule has 0 saturated carbocycles. The molecule has 3 rings (SSSR count). The number of imidazole rings is 1. The topological polar surface area (TPSA) is 35.2 Å². The molecule has 1 N–H and O–H groups in total. The largest absolute Gasteiger partial charge is 0.369 e. The normalized spacial score (nSPS) is 20.0. The third-order valence-electron chi connectivity index (χ3n) is 4.29. The molecule has 0 unspecified atom stereocenters. The summed E-state index contributed by atoms with van der Waals surface area (Å²) in [7, 11) is 0. The van der Waals surface area contributed by atoms with Gasteiger partial charge in [-0.15, -0.1) is 0 Å². The minimum absolute atomic E-state index is 0.545. The maximum Gasteiger partial charge on any atom is 0.103 e. The third-order valence-corrected chi connectivity index (χ3v) is 4.29. The molecule has 0 bridgehead atoms. The first-order valence-electron chi connectivity index (χ1n) is 7.68. The summed E-state index contributed by atoms with van der Waals surface area (Å²) in [5.74, 6) is 0.996. The van der Waals surface area contributed by atoms with Crippen LogP contribution in [0.2, 0.25) is 0 Å². The fraction of sp³-hybridized carbons (Fsp3) is 0.471. The van der Waals surface area contributed by atoms with Crippen molar-refractivity contribution in [3.8, 4) is 0 Å². The van der Waals surface area contributed by atoms with Gasteiger partial charge in [-0.25, -0.2) is 4.98 Å². The molecule has 1 aromatic heterocycles. The van der Waals surface area contributed by atoms with Crippen LogP contribution in [-0.4, -0.2) is 40.5 Å². The Labute approximate surface area is 126 Å². The monoisotopic (exact) mass is 284 g/mol. The van der Waals surface area contributed by atoms with Crippen molar-refractivity contribution in [1.82, 2.24) is 14.9 Å². The SMILES string of the molecule is Cc1ccc(N2CCN(Cc3cnc(C)[nH]3)[C@@H](C)C2)cc1. The second-order valence-corrected chi connectivity index (χ2v) is 6.09. The van der Waals surface area contributed by atoms with Gasteiger partial charge in [0, 0.05) is 49.8 Å². The Bertz CT molecular complexity index is 587. The molecule has 2 aromatic rings. The Balaban J connectivity index is 1.62. The number of rotatable bonds is 3. The molecule has 4 nitrogen and oxygen atoms in total. The van der Waals surface area contributed by atoms with Crippen LogP contribution in [0.3, 0.4) is 0 Å². The van der Waals surface area contributed by atoms with Crippen LogP contribution in [0.15, 0.2) is 30.5 Å². The highest BCUT2D eigenvalue weighted by Crippen LogP contribution is 2.20. The van der Waals surface area contributed by atoms with Crippen molar-refractivity contribution in [2.24, 2.45) is 0 Å². The van der Waals surface area contributed by atoms with Gasteiger partial charge in [-0.3, -0.25) is 4.90 Å². The third kappa shape index (κ3) is 3.27. The summed E-state index contributed by atoms with van der Waals surface area (Å²) in [5.41, 5.74) is 3.87. The van der Waals surface area contributed by atoms with Crippen molar-refractivity contribution >= 4 is 5.69 Å². The predicted octanol–water partition coefficient (Wildman–Crippen LogP) is 2.74. The number of nitrogens with zero attached hydrogens (tertiary/aromatic N) is 3. The maximum absolute atomic E-state index is 4.29. The fourth-order valence-electron chi connectivity index (χ4n) is 2.99. The van der Waals surface area contributed by atoms with Gasteiger partial charge in [-0.1, -0.05) is 17.7 Å². The number of aromatic nitrogens is 2. The van der Waals surface area contributed by atoms with Gasteiger partial charge in [0.25, 0.3) is 0 Å². The van der Waals surface area contributed by atoms with Crippen molar-refractivity contribution in [1.29, 1.82) is 0 Å². The second-order valence-electron chi connectivity index (χ2n) is 6.09. The molecule has 0 aliphatic carbocycles. The molecule has 0 spiro atoms. The molecule has 0 radical (unpaired) electrons. The van der Waals surface area contributed by atoms with E-state index in [1.807, 2.05) is 13.1 Å². The van der Waals surface area contributed by atoms with Crippen LogP contribution in [0.4, 0.5) is 5.69 Å². The van der Waals surface area contributed by atoms with Gasteiger partial charge in [0.05, 0.1) is 0 Å². The highest BCUT2D eigenvalue weighted by molar-refractivity contribution is 5.48.